The van der Waals surface area contributed by atoms with Crippen LogP contribution in [0.25, 0.3) is 0 Å². The molecule has 3 nitrogen and oxygen atoms in total. The normalized spacial score (nSPS) is 17.2. The lowest BCUT2D eigenvalue weighted by molar-refractivity contribution is 0.242. The van der Waals surface area contributed by atoms with Gasteiger partial charge in [-0.05, 0) is 43.9 Å². The first-order chi connectivity index (χ1) is 8.59. The van der Waals surface area contributed by atoms with E-state index < -0.39 is 0 Å². The van der Waals surface area contributed by atoms with Gasteiger partial charge in [0.15, 0.2) is 0 Å². The van der Waals surface area contributed by atoms with Gasteiger partial charge in [0.05, 0.1) is 14.2 Å². The molecule has 0 unspecified atom stereocenters. The molecule has 0 bridgehead atoms. The molecule has 1 aliphatic rings. The molecular formula is C15H23NO2. The third-order valence-electron chi connectivity index (χ3n) is 4.49. The summed E-state index contributed by atoms with van der Waals surface area (Å²) >= 11 is 0. The third-order valence-corrected chi connectivity index (χ3v) is 4.49. The van der Waals surface area contributed by atoms with Crippen molar-refractivity contribution in [3.8, 4) is 11.5 Å². The zero-order valence-electron chi connectivity index (χ0n) is 11.8. The smallest absolute Gasteiger partial charge is 0.126 e. The molecule has 0 heterocycles. The molecule has 1 aliphatic carbocycles. The minimum absolute atomic E-state index is 0.0943. The van der Waals surface area contributed by atoms with Crippen LogP contribution in [0.4, 0.5) is 0 Å². The summed E-state index contributed by atoms with van der Waals surface area (Å²) in [6.07, 6.45) is 3.53. The quantitative estimate of drug-likeness (QED) is 0.892. The maximum absolute atomic E-state index is 6.01. The fraction of sp³-hybridized carbons (Fsp3) is 0.600. The number of ether oxygens (including phenoxy) is 2. The van der Waals surface area contributed by atoms with Crippen LogP contribution in [0.1, 0.15) is 36.0 Å². The van der Waals surface area contributed by atoms with Gasteiger partial charge in [-0.1, -0.05) is 6.42 Å². The van der Waals surface area contributed by atoms with Gasteiger partial charge in [0.2, 0.25) is 0 Å². The number of nitrogens with two attached hydrogens (primary N) is 1. The van der Waals surface area contributed by atoms with Crippen LogP contribution in [0.15, 0.2) is 6.07 Å². The van der Waals surface area contributed by atoms with Crippen LogP contribution >= 0.6 is 0 Å². The molecule has 100 valence electrons. The van der Waals surface area contributed by atoms with E-state index in [-0.39, 0.29) is 5.41 Å². The molecule has 2 rings (SSSR count). The van der Waals surface area contributed by atoms with Gasteiger partial charge in [0, 0.05) is 17.5 Å². The molecule has 3 heteroatoms. The topological polar surface area (TPSA) is 44.5 Å². The Bertz CT molecular complexity index is 445. The Morgan fingerprint density at radius 2 is 1.83 bits per heavy atom. The van der Waals surface area contributed by atoms with Crippen LogP contribution in [0.3, 0.4) is 0 Å². The first-order valence-corrected chi connectivity index (χ1v) is 6.52. The van der Waals surface area contributed by atoms with Crippen molar-refractivity contribution in [2.24, 2.45) is 5.73 Å². The van der Waals surface area contributed by atoms with Gasteiger partial charge in [-0.25, -0.2) is 0 Å². The second kappa shape index (κ2) is 4.81. The molecule has 0 aliphatic heterocycles. The summed E-state index contributed by atoms with van der Waals surface area (Å²) in [6.45, 7) is 4.83. The Balaban J connectivity index is 2.61. The monoisotopic (exact) mass is 249 g/mol. The lowest BCUT2D eigenvalue weighted by Crippen LogP contribution is -2.42. The van der Waals surface area contributed by atoms with E-state index in [1.54, 1.807) is 14.2 Å². The average Bonchev–Trinajstić information content (AvgIpc) is 2.33. The van der Waals surface area contributed by atoms with Crippen molar-refractivity contribution in [1.29, 1.82) is 0 Å². The molecule has 0 radical (unpaired) electrons. The van der Waals surface area contributed by atoms with Crippen molar-refractivity contribution >= 4 is 0 Å². The highest BCUT2D eigenvalue weighted by molar-refractivity contribution is 5.56. The van der Waals surface area contributed by atoms with Gasteiger partial charge in [0.25, 0.3) is 0 Å². The standard InChI is InChI=1S/C15H23NO2/c1-10-11(2)14(18-4)12(8-13(10)17-3)15(9-16)6-5-7-15/h8H,5-7,9,16H2,1-4H3. The van der Waals surface area contributed by atoms with Crippen LogP contribution in [-0.4, -0.2) is 20.8 Å². The molecule has 18 heavy (non-hydrogen) atoms. The zero-order chi connectivity index (χ0) is 13.3. The van der Waals surface area contributed by atoms with Crippen molar-refractivity contribution in [1.82, 2.24) is 0 Å². The summed E-state index contributed by atoms with van der Waals surface area (Å²) in [7, 11) is 3.45. The average molecular weight is 249 g/mol. The second-order valence-electron chi connectivity index (χ2n) is 5.25. The lowest BCUT2D eigenvalue weighted by Gasteiger charge is -2.42. The van der Waals surface area contributed by atoms with E-state index in [4.69, 9.17) is 15.2 Å². The van der Waals surface area contributed by atoms with Gasteiger partial charge < -0.3 is 15.2 Å². The minimum Gasteiger partial charge on any atom is -0.496 e. The molecule has 0 saturated heterocycles. The van der Waals surface area contributed by atoms with E-state index in [1.807, 2.05) is 0 Å². The molecule has 1 saturated carbocycles. The van der Waals surface area contributed by atoms with E-state index in [2.05, 4.69) is 19.9 Å². The number of hydrogen-bond donors (Lipinski definition) is 1. The Labute approximate surface area is 109 Å². The van der Waals surface area contributed by atoms with Gasteiger partial charge in [-0.2, -0.15) is 0 Å². The van der Waals surface area contributed by atoms with Gasteiger partial charge in [-0.3, -0.25) is 0 Å². The second-order valence-corrected chi connectivity index (χ2v) is 5.25. The highest BCUT2D eigenvalue weighted by atomic mass is 16.5. The van der Waals surface area contributed by atoms with Crippen LogP contribution < -0.4 is 15.2 Å². The highest BCUT2D eigenvalue weighted by Gasteiger charge is 2.40. The molecule has 0 amide bonds. The maximum atomic E-state index is 6.01. The maximum Gasteiger partial charge on any atom is 0.126 e. The molecule has 1 fully saturated rings. The SMILES string of the molecule is COc1cc(C2(CN)CCC2)c(OC)c(C)c1C. The van der Waals surface area contributed by atoms with E-state index in [0.29, 0.717) is 6.54 Å². The molecule has 2 N–H and O–H groups in total. The summed E-state index contributed by atoms with van der Waals surface area (Å²) in [5.74, 6) is 1.92. The molecule has 1 aromatic carbocycles. The Hall–Kier alpha value is -1.22. The fourth-order valence-corrected chi connectivity index (χ4v) is 2.92. The lowest BCUT2D eigenvalue weighted by atomic mass is 9.64. The van der Waals surface area contributed by atoms with Crippen molar-refractivity contribution in [3.05, 3.63) is 22.8 Å². The van der Waals surface area contributed by atoms with Crippen LogP contribution in [0, 0.1) is 13.8 Å². The number of rotatable bonds is 4. The number of hydrogen-bond acceptors (Lipinski definition) is 3. The third kappa shape index (κ3) is 1.77. The predicted octanol–water partition coefficient (Wildman–Crippen LogP) is 2.70. The summed E-state index contributed by atoms with van der Waals surface area (Å²) in [5.41, 5.74) is 9.63. The Morgan fingerprint density at radius 1 is 1.17 bits per heavy atom. The molecular weight excluding hydrogens is 226 g/mol. The molecule has 0 spiro atoms. The van der Waals surface area contributed by atoms with E-state index in [9.17, 15) is 0 Å². The van der Waals surface area contributed by atoms with Crippen LogP contribution in [-0.2, 0) is 5.41 Å². The van der Waals surface area contributed by atoms with Gasteiger partial charge in [-0.15, -0.1) is 0 Å². The first kappa shape index (κ1) is 13.2. The largest absolute Gasteiger partial charge is 0.496 e. The zero-order valence-corrected chi connectivity index (χ0v) is 11.8. The summed E-state index contributed by atoms with van der Waals surface area (Å²) in [5, 5.41) is 0. The molecule has 0 atom stereocenters. The van der Waals surface area contributed by atoms with Crippen LogP contribution in [0.5, 0.6) is 11.5 Å². The van der Waals surface area contributed by atoms with Crippen molar-refractivity contribution in [3.63, 3.8) is 0 Å². The van der Waals surface area contributed by atoms with Gasteiger partial charge >= 0.3 is 0 Å². The van der Waals surface area contributed by atoms with E-state index in [1.165, 1.54) is 12.0 Å². The predicted molar refractivity (Wildman–Crippen MR) is 73.6 cm³/mol. The summed E-state index contributed by atoms with van der Waals surface area (Å²) in [6, 6.07) is 2.12. The highest BCUT2D eigenvalue weighted by Crippen LogP contribution is 2.49. The fourth-order valence-electron chi connectivity index (χ4n) is 2.92. The van der Waals surface area contributed by atoms with Gasteiger partial charge in [0.1, 0.15) is 11.5 Å². The summed E-state index contributed by atoms with van der Waals surface area (Å²) < 4.78 is 11.1. The van der Waals surface area contributed by atoms with E-state index in [0.717, 1.165) is 35.5 Å². The summed E-state index contributed by atoms with van der Waals surface area (Å²) in [4.78, 5) is 0. The Kier molecular flexibility index (Phi) is 3.53. The van der Waals surface area contributed by atoms with Crippen molar-refractivity contribution < 1.29 is 9.47 Å². The van der Waals surface area contributed by atoms with E-state index >= 15 is 0 Å². The number of methoxy groups -OCH3 is 2. The number of benzene rings is 1. The Morgan fingerprint density at radius 3 is 2.22 bits per heavy atom. The van der Waals surface area contributed by atoms with Crippen LogP contribution in [0.2, 0.25) is 0 Å². The first-order valence-electron chi connectivity index (χ1n) is 6.52. The minimum atomic E-state index is 0.0943. The van der Waals surface area contributed by atoms with Crippen molar-refractivity contribution in [2.75, 3.05) is 20.8 Å². The molecule has 1 aromatic rings. The van der Waals surface area contributed by atoms with Crippen molar-refractivity contribution in [2.45, 2.75) is 38.5 Å². The molecule has 0 aromatic heterocycles.